The van der Waals surface area contributed by atoms with E-state index in [1.165, 1.54) is 6.92 Å². The van der Waals surface area contributed by atoms with E-state index in [0.29, 0.717) is 22.6 Å². The molecule has 170 valence electrons. The monoisotopic (exact) mass is 463 g/mol. The standard InChI is InChI=1S/C25H25N3O4S/c1-16(2)18-8-13-23-22(14-18)21-6-4-5-7-24(21)33(31,32)28(23)15-25(30)27-20-11-9-19(10-12-20)26-17(3)29/h4-14,16H,15H2,1-3H3,(H,26,29)(H,27,30). The van der Waals surface area contributed by atoms with Crippen LogP contribution >= 0.6 is 0 Å². The molecule has 2 amide bonds. The van der Waals surface area contributed by atoms with E-state index in [-0.39, 0.29) is 23.3 Å². The molecule has 7 nitrogen and oxygen atoms in total. The van der Waals surface area contributed by atoms with Gasteiger partial charge in [-0.1, -0.05) is 38.1 Å². The average molecular weight is 464 g/mol. The maximum atomic E-state index is 13.4. The molecule has 0 spiro atoms. The van der Waals surface area contributed by atoms with E-state index >= 15 is 0 Å². The Hall–Kier alpha value is -3.65. The van der Waals surface area contributed by atoms with Crippen LogP contribution in [0.25, 0.3) is 11.1 Å². The van der Waals surface area contributed by atoms with Gasteiger partial charge in [0.2, 0.25) is 11.8 Å². The maximum Gasteiger partial charge on any atom is 0.265 e. The number of nitrogens with zero attached hydrogens (tertiary/aromatic N) is 1. The normalized spacial score (nSPS) is 13.8. The van der Waals surface area contributed by atoms with Crippen LogP contribution in [0, 0.1) is 0 Å². The van der Waals surface area contributed by atoms with Crippen molar-refractivity contribution in [3.8, 4) is 11.1 Å². The smallest absolute Gasteiger partial charge is 0.265 e. The SMILES string of the molecule is CC(=O)Nc1ccc(NC(=O)CN2c3ccc(C(C)C)cc3-c3ccccc3S2(=O)=O)cc1. The summed E-state index contributed by atoms with van der Waals surface area (Å²) < 4.78 is 28.0. The summed E-state index contributed by atoms with van der Waals surface area (Å²) in [5, 5.41) is 5.39. The Morgan fingerprint density at radius 3 is 2.15 bits per heavy atom. The maximum absolute atomic E-state index is 13.4. The third-order valence-corrected chi connectivity index (χ3v) is 7.30. The van der Waals surface area contributed by atoms with Gasteiger partial charge in [-0.3, -0.25) is 13.9 Å². The molecule has 3 aromatic rings. The first-order valence-electron chi connectivity index (χ1n) is 10.6. The van der Waals surface area contributed by atoms with E-state index < -0.39 is 15.9 Å². The fourth-order valence-corrected chi connectivity index (χ4v) is 5.50. The van der Waals surface area contributed by atoms with Gasteiger partial charge in [0, 0.05) is 29.4 Å². The summed E-state index contributed by atoms with van der Waals surface area (Å²) in [7, 11) is -3.91. The highest BCUT2D eigenvalue weighted by molar-refractivity contribution is 7.93. The molecule has 1 aliphatic rings. The summed E-state index contributed by atoms with van der Waals surface area (Å²) in [6, 6.07) is 19.1. The molecular formula is C25H25N3O4S. The summed E-state index contributed by atoms with van der Waals surface area (Å²) in [4.78, 5) is 24.2. The second-order valence-electron chi connectivity index (χ2n) is 8.25. The van der Waals surface area contributed by atoms with Gasteiger partial charge in [0.25, 0.3) is 10.0 Å². The zero-order valence-electron chi connectivity index (χ0n) is 18.6. The highest BCUT2D eigenvalue weighted by atomic mass is 32.2. The lowest BCUT2D eigenvalue weighted by Crippen LogP contribution is -2.40. The van der Waals surface area contributed by atoms with Crippen LogP contribution in [0.3, 0.4) is 0 Å². The Bertz CT molecular complexity index is 1330. The summed E-state index contributed by atoms with van der Waals surface area (Å²) >= 11 is 0. The van der Waals surface area contributed by atoms with Crippen molar-refractivity contribution < 1.29 is 18.0 Å². The van der Waals surface area contributed by atoms with E-state index in [9.17, 15) is 18.0 Å². The van der Waals surface area contributed by atoms with Gasteiger partial charge < -0.3 is 10.6 Å². The minimum absolute atomic E-state index is 0.186. The minimum Gasteiger partial charge on any atom is -0.326 e. The highest BCUT2D eigenvalue weighted by Crippen LogP contribution is 2.43. The van der Waals surface area contributed by atoms with Crippen LogP contribution in [0.15, 0.2) is 71.6 Å². The van der Waals surface area contributed by atoms with Crippen LogP contribution in [-0.4, -0.2) is 26.8 Å². The van der Waals surface area contributed by atoms with Crippen LogP contribution in [0.1, 0.15) is 32.3 Å². The lowest BCUT2D eigenvalue weighted by molar-refractivity contribution is -0.115. The van der Waals surface area contributed by atoms with Crippen molar-refractivity contribution in [2.75, 3.05) is 21.5 Å². The number of carbonyl (C=O) groups is 2. The molecule has 8 heteroatoms. The zero-order chi connectivity index (χ0) is 23.8. The van der Waals surface area contributed by atoms with Gasteiger partial charge in [0.1, 0.15) is 6.54 Å². The van der Waals surface area contributed by atoms with Gasteiger partial charge in [0.05, 0.1) is 10.6 Å². The Labute approximate surface area is 193 Å². The van der Waals surface area contributed by atoms with E-state index in [0.717, 1.165) is 15.4 Å². The Balaban J connectivity index is 1.65. The second kappa shape index (κ2) is 8.71. The third-order valence-electron chi connectivity index (χ3n) is 5.48. The molecule has 0 unspecified atom stereocenters. The molecule has 4 rings (SSSR count). The molecular weight excluding hydrogens is 438 g/mol. The molecule has 0 atom stereocenters. The van der Waals surface area contributed by atoms with E-state index in [4.69, 9.17) is 0 Å². The molecule has 0 saturated heterocycles. The number of amides is 2. The van der Waals surface area contributed by atoms with Crippen LogP contribution in [0.4, 0.5) is 17.1 Å². The van der Waals surface area contributed by atoms with Gasteiger partial charge in [-0.15, -0.1) is 0 Å². The second-order valence-corrected chi connectivity index (χ2v) is 10.1. The number of sulfonamides is 1. The van der Waals surface area contributed by atoms with Crippen LogP contribution < -0.4 is 14.9 Å². The fraction of sp³-hybridized carbons (Fsp3) is 0.200. The minimum atomic E-state index is -3.91. The predicted octanol–water partition coefficient (Wildman–Crippen LogP) is 4.58. The van der Waals surface area contributed by atoms with Gasteiger partial charge >= 0.3 is 0 Å². The average Bonchev–Trinajstić information content (AvgIpc) is 2.77. The number of anilines is 3. The van der Waals surface area contributed by atoms with Crippen LogP contribution in [0.2, 0.25) is 0 Å². The quantitative estimate of drug-likeness (QED) is 0.579. The predicted molar refractivity (Wildman–Crippen MR) is 130 cm³/mol. The summed E-state index contributed by atoms with van der Waals surface area (Å²) in [6.45, 7) is 5.21. The van der Waals surface area contributed by atoms with Crippen molar-refractivity contribution >= 4 is 38.9 Å². The Morgan fingerprint density at radius 2 is 1.52 bits per heavy atom. The number of benzene rings is 3. The third kappa shape index (κ3) is 4.47. The fourth-order valence-electron chi connectivity index (χ4n) is 3.85. The van der Waals surface area contributed by atoms with Crippen LogP contribution in [0.5, 0.6) is 0 Å². The van der Waals surface area contributed by atoms with Gasteiger partial charge in [-0.2, -0.15) is 0 Å². The molecule has 33 heavy (non-hydrogen) atoms. The van der Waals surface area contributed by atoms with Crippen molar-refractivity contribution in [1.29, 1.82) is 0 Å². The van der Waals surface area contributed by atoms with Crippen molar-refractivity contribution in [1.82, 2.24) is 0 Å². The summed E-state index contributed by atoms with van der Waals surface area (Å²) in [5.74, 6) is -0.385. The molecule has 0 radical (unpaired) electrons. The first-order valence-corrected chi connectivity index (χ1v) is 12.0. The van der Waals surface area contributed by atoms with E-state index in [2.05, 4.69) is 24.5 Å². The first-order chi connectivity index (χ1) is 15.7. The van der Waals surface area contributed by atoms with E-state index in [1.54, 1.807) is 48.5 Å². The lowest BCUT2D eigenvalue weighted by Gasteiger charge is -2.32. The molecule has 2 N–H and O–H groups in total. The molecule has 1 heterocycles. The molecule has 3 aromatic carbocycles. The number of hydrogen-bond acceptors (Lipinski definition) is 4. The van der Waals surface area contributed by atoms with Gasteiger partial charge in [-0.25, -0.2) is 8.42 Å². The Kier molecular flexibility index (Phi) is 5.95. The molecule has 0 aliphatic carbocycles. The van der Waals surface area contributed by atoms with Crippen molar-refractivity contribution in [2.24, 2.45) is 0 Å². The molecule has 0 aromatic heterocycles. The van der Waals surface area contributed by atoms with Gasteiger partial charge in [0.15, 0.2) is 0 Å². The number of hydrogen-bond donors (Lipinski definition) is 2. The molecule has 1 aliphatic heterocycles. The number of carbonyl (C=O) groups excluding carboxylic acids is 2. The van der Waals surface area contributed by atoms with Crippen molar-refractivity contribution in [3.05, 3.63) is 72.3 Å². The molecule has 0 bridgehead atoms. The number of fused-ring (bicyclic) bond motifs is 3. The summed E-state index contributed by atoms with van der Waals surface area (Å²) in [5.41, 5.74) is 4.10. The van der Waals surface area contributed by atoms with Crippen molar-refractivity contribution in [3.63, 3.8) is 0 Å². The molecule has 0 fully saturated rings. The Morgan fingerprint density at radius 1 is 0.879 bits per heavy atom. The largest absolute Gasteiger partial charge is 0.326 e. The molecule has 0 saturated carbocycles. The first kappa shape index (κ1) is 22.5. The topological polar surface area (TPSA) is 95.6 Å². The van der Waals surface area contributed by atoms with E-state index in [1.807, 2.05) is 18.2 Å². The highest BCUT2D eigenvalue weighted by Gasteiger charge is 2.36. The van der Waals surface area contributed by atoms with Crippen LogP contribution in [-0.2, 0) is 19.6 Å². The number of rotatable bonds is 5. The van der Waals surface area contributed by atoms with Crippen molar-refractivity contribution in [2.45, 2.75) is 31.6 Å². The summed E-state index contributed by atoms with van der Waals surface area (Å²) in [6.07, 6.45) is 0. The number of nitrogens with one attached hydrogen (secondary N) is 2. The lowest BCUT2D eigenvalue weighted by atomic mass is 9.95. The zero-order valence-corrected chi connectivity index (χ0v) is 19.4. The van der Waals surface area contributed by atoms with Gasteiger partial charge in [-0.05, 0) is 53.9 Å².